The first-order valence-corrected chi connectivity index (χ1v) is 7.95. The van der Waals surface area contributed by atoms with E-state index < -0.39 is 0 Å². The van der Waals surface area contributed by atoms with Gasteiger partial charge in [0.1, 0.15) is 5.82 Å². The second-order valence-electron chi connectivity index (χ2n) is 5.56. The fourth-order valence-electron chi connectivity index (χ4n) is 3.21. The molecule has 1 saturated heterocycles. The first-order chi connectivity index (χ1) is 9.27. The van der Waals surface area contributed by atoms with Crippen LogP contribution in [-0.2, 0) is 0 Å². The van der Waals surface area contributed by atoms with Gasteiger partial charge in [-0.1, -0.05) is 18.6 Å². The summed E-state index contributed by atoms with van der Waals surface area (Å²) in [5.41, 5.74) is 0.876. The van der Waals surface area contributed by atoms with Crippen molar-refractivity contribution in [2.45, 2.75) is 25.3 Å². The zero-order valence-electron chi connectivity index (χ0n) is 11.0. The normalized spacial score (nSPS) is 23.1. The van der Waals surface area contributed by atoms with Gasteiger partial charge in [0.05, 0.1) is 4.47 Å². The Morgan fingerprint density at radius 2 is 2.00 bits per heavy atom. The Balaban J connectivity index is 1.91. The second-order valence-corrected chi connectivity index (χ2v) is 6.42. The molecule has 0 spiro atoms. The molecule has 1 aromatic carbocycles. The first-order valence-electron chi connectivity index (χ1n) is 7.16. The lowest BCUT2D eigenvalue weighted by Crippen LogP contribution is -2.48. The molecular weight excluding hydrogens is 307 g/mol. The van der Waals surface area contributed by atoms with Gasteiger partial charge in [0.2, 0.25) is 0 Å². The Labute approximate surface area is 122 Å². The molecule has 0 amide bonds. The number of rotatable bonds is 3. The minimum atomic E-state index is -0.0714. The van der Waals surface area contributed by atoms with Crippen molar-refractivity contribution >= 4 is 15.9 Å². The maximum Gasteiger partial charge on any atom is 0.142 e. The van der Waals surface area contributed by atoms with E-state index in [4.69, 9.17) is 0 Å². The highest BCUT2D eigenvalue weighted by Gasteiger charge is 2.35. The number of hydrogen-bond donors (Lipinski definition) is 1. The van der Waals surface area contributed by atoms with Gasteiger partial charge >= 0.3 is 0 Å². The summed E-state index contributed by atoms with van der Waals surface area (Å²) < 4.78 is 15.0. The quantitative estimate of drug-likeness (QED) is 0.916. The molecule has 2 aliphatic rings. The van der Waals surface area contributed by atoms with E-state index >= 15 is 0 Å². The fourth-order valence-corrected chi connectivity index (χ4v) is 3.60. The maximum absolute atomic E-state index is 14.4. The minimum Gasteiger partial charge on any atom is -0.314 e. The SMILES string of the molecule is Fc1c(Br)cccc1[C@H](C1CCC1)N1CCNCC1. The number of halogens is 2. The molecule has 0 aromatic heterocycles. The Kier molecular flexibility index (Phi) is 4.20. The topological polar surface area (TPSA) is 15.3 Å². The molecule has 0 radical (unpaired) electrons. The number of nitrogens with zero attached hydrogens (tertiary/aromatic N) is 1. The first kappa shape index (κ1) is 13.5. The summed E-state index contributed by atoms with van der Waals surface area (Å²) in [6, 6.07) is 5.96. The summed E-state index contributed by atoms with van der Waals surface area (Å²) in [6.07, 6.45) is 3.77. The van der Waals surface area contributed by atoms with E-state index in [9.17, 15) is 4.39 Å². The van der Waals surface area contributed by atoms with Crippen molar-refractivity contribution in [3.63, 3.8) is 0 Å². The van der Waals surface area contributed by atoms with Crippen molar-refractivity contribution < 1.29 is 4.39 Å². The number of nitrogens with one attached hydrogen (secondary N) is 1. The van der Waals surface area contributed by atoms with E-state index in [0.29, 0.717) is 10.4 Å². The Bertz CT molecular complexity index is 442. The van der Waals surface area contributed by atoms with Crippen molar-refractivity contribution in [2.24, 2.45) is 5.92 Å². The largest absolute Gasteiger partial charge is 0.314 e. The molecule has 1 aliphatic carbocycles. The van der Waals surface area contributed by atoms with Crippen molar-refractivity contribution in [3.05, 3.63) is 34.1 Å². The van der Waals surface area contributed by atoms with E-state index in [-0.39, 0.29) is 11.9 Å². The molecule has 1 atom stereocenters. The number of piperazine rings is 1. The minimum absolute atomic E-state index is 0.0714. The molecule has 1 saturated carbocycles. The maximum atomic E-state index is 14.4. The van der Waals surface area contributed by atoms with Gasteiger partial charge in [-0.2, -0.15) is 0 Å². The zero-order chi connectivity index (χ0) is 13.2. The van der Waals surface area contributed by atoms with Gasteiger partial charge in [-0.25, -0.2) is 4.39 Å². The lowest BCUT2D eigenvalue weighted by Gasteiger charge is -2.43. The van der Waals surface area contributed by atoms with Gasteiger partial charge < -0.3 is 5.32 Å². The van der Waals surface area contributed by atoms with Gasteiger partial charge in [0, 0.05) is 37.8 Å². The van der Waals surface area contributed by atoms with E-state index in [1.165, 1.54) is 19.3 Å². The monoisotopic (exact) mass is 326 g/mol. The van der Waals surface area contributed by atoms with Crippen LogP contribution in [0.25, 0.3) is 0 Å². The summed E-state index contributed by atoms with van der Waals surface area (Å²) in [6.45, 7) is 4.07. The van der Waals surface area contributed by atoms with Gasteiger partial charge in [-0.05, 0) is 40.8 Å². The lowest BCUT2D eigenvalue weighted by atomic mass is 9.76. The molecule has 4 heteroatoms. The third kappa shape index (κ3) is 2.71. The summed E-state index contributed by atoms with van der Waals surface area (Å²) >= 11 is 3.32. The Hall–Kier alpha value is -0.450. The molecule has 0 bridgehead atoms. The zero-order valence-corrected chi connectivity index (χ0v) is 12.6. The smallest absolute Gasteiger partial charge is 0.142 e. The highest BCUT2D eigenvalue weighted by atomic mass is 79.9. The van der Waals surface area contributed by atoms with Crippen LogP contribution in [-0.4, -0.2) is 31.1 Å². The van der Waals surface area contributed by atoms with Crippen LogP contribution in [0.4, 0.5) is 4.39 Å². The van der Waals surface area contributed by atoms with Crippen LogP contribution in [0.5, 0.6) is 0 Å². The molecule has 1 N–H and O–H groups in total. The summed E-state index contributed by atoms with van der Waals surface area (Å²) in [7, 11) is 0. The average molecular weight is 327 g/mol. The van der Waals surface area contributed by atoms with Gasteiger partial charge in [0.15, 0.2) is 0 Å². The highest BCUT2D eigenvalue weighted by molar-refractivity contribution is 9.10. The predicted octanol–water partition coefficient (Wildman–Crippen LogP) is 3.33. The third-order valence-corrected chi connectivity index (χ3v) is 5.05. The predicted molar refractivity (Wildman–Crippen MR) is 78.6 cm³/mol. The molecule has 2 fully saturated rings. The number of hydrogen-bond acceptors (Lipinski definition) is 2. The number of benzene rings is 1. The second kappa shape index (κ2) is 5.90. The average Bonchev–Trinajstić information content (AvgIpc) is 2.38. The molecule has 1 heterocycles. The third-order valence-electron chi connectivity index (χ3n) is 4.44. The molecule has 2 nitrogen and oxygen atoms in total. The van der Waals surface area contributed by atoms with Gasteiger partial charge in [-0.3, -0.25) is 4.90 Å². The van der Waals surface area contributed by atoms with E-state index in [1.54, 1.807) is 6.07 Å². The van der Waals surface area contributed by atoms with E-state index in [2.05, 4.69) is 26.1 Å². The van der Waals surface area contributed by atoms with Crippen molar-refractivity contribution in [3.8, 4) is 0 Å². The molecule has 19 heavy (non-hydrogen) atoms. The van der Waals surface area contributed by atoms with E-state index in [0.717, 1.165) is 31.7 Å². The summed E-state index contributed by atoms with van der Waals surface area (Å²) in [4.78, 5) is 2.46. The lowest BCUT2D eigenvalue weighted by molar-refractivity contribution is 0.0811. The van der Waals surface area contributed by atoms with E-state index in [1.807, 2.05) is 12.1 Å². The van der Waals surface area contributed by atoms with Crippen LogP contribution < -0.4 is 5.32 Å². The van der Waals surface area contributed by atoms with Crippen LogP contribution in [0.1, 0.15) is 30.9 Å². The molecule has 3 rings (SSSR count). The van der Waals surface area contributed by atoms with Crippen LogP contribution in [0.2, 0.25) is 0 Å². The highest BCUT2D eigenvalue weighted by Crippen LogP contribution is 2.43. The fraction of sp³-hybridized carbons (Fsp3) is 0.600. The molecule has 1 aliphatic heterocycles. The van der Waals surface area contributed by atoms with Crippen molar-refractivity contribution in [2.75, 3.05) is 26.2 Å². The molecule has 104 valence electrons. The molecule has 1 aromatic rings. The standard InChI is InChI=1S/C15H20BrFN2/c16-13-6-2-5-12(14(13)17)15(11-3-1-4-11)19-9-7-18-8-10-19/h2,5-6,11,15,18H,1,3-4,7-10H2/t15-/m0/s1. The molecule has 0 unspecified atom stereocenters. The molecular formula is C15H20BrFN2. The summed E-state index contributed by atoms with van der Waals surface area (Å²) in [5, 5.41) is 3.38. The van der Waals surface area contributed by atoms with Crippen LogP contribution in [0.15, 0.2) is 22.7 Å². The Morgan fingerprint density at radius 1 is 1.26 bits per heavy atom. The van der Waals surface area contributed by atoms with Crippen LogP contribution >= 0.6 is 15.9 Å². The van der Waals surface area contributed by atoms with Crippen molar-refractivity contribution in [1.82, 2.24) is 10.2 Å². The van der Waals surface area contributed by atoms with Crippen molar-refractivity contribution in [1.29, 1.82) is 0 Å². The summed E-state index contributed by atoms with van der Waals surface area (Å²) in [5.74, 6) is 0.555. The Morgan fingerprint density at radius 3 is 2.63 bits per heavy atom. The van der Waals surface area contributed by atoms with Gasteiger partial charge in [0.25, 0.3) is 0 Å². The van der Waals surface area contributed by atoms with Gasteiger partial charge in [-0.15, -0.1) is 0 Å². The van der Waals surface area contributed by atoms with Crippen LogP contribution in [0.3, 0.4) is 0 Å². The van der Waals surface area contributed by atoms with Crippen LogP contribution in [0, 0.1) is 11.7 Å².